The van der Waals surface area contributed by atoms with Crippen molar-refractivity contribution in [3.63, 3.8) is 0 Å². The zero-order valence-electron chi connectivity index (χ0n) is 10.8. The monoisotopic (exact) mass is 272 g/mol. The van der Waals surface area contributed by atoms with Gasteiger partial charge in [0.1, 0.15) is 11.6 Å². The highest BCUT2D eigenvalue weighted by atomic mass is 19.1. The molecular weight excluding hydrogens is 259 g/mol. The van der Waals surface area contributed by atoms with Gasteiger partial charge in [0.2, 0.25) is 0 Å². The zero-order chi connectivity index (χ0) is 14.4. The Bertz CT molecular complexity index is 607. The lowest BCUT2D eigenvalue weighted by Crippen LogP contribution is -2.17. The standard InChI is InChI=1S/C15H13FN2O2/c1-20-14-8-2-11(3-9-14)10-17-18-15(19)12-4-6-13(16)7-5-12/h2-10H,1H3,(H,18,19)/b17-10+. The lowest BCUT2D eigenvalue weighted by molar-refractivity contribution is 0.0955. The lowest BCUT2D eigenvalue weighted by Gasteiger charge is -2.00. The number of halogens is 1. The number of nitrogens with zero attached hydrogens (tertiary/aromatic N) is 1. The van der Waals surface area contributed by atoms with E-state index in [-0.39, 0.29) is 5.82 Å². The van der Waals surface area contributed by atoms with E-state index in [1.165, 1.54) is 30.5 Å². The molecule has 0 saturated heterocycles. The number of carbonyl (C=O) groups is 1. The summed E-state index contributed by atoms with van der Waals surface area (Å²) in [5.41, 5.74) is 3.54. The minimum Gasteiger partial charge on any atom is -0.497 e. The number of hydrogen-bond donors (Lipinski definition) is 1. The minimum atomic E-state index is -0.394. The topological polar surface area (TPSA) is 50.7 Å². The first-order chi connectivity index (χ1) is 9.69. The first-order valence-electron chi connectivity index (χ1n) is 5.92. The Hall–Kier alpha value is -2.69. The molecule has 0 saturated carbocycles. The van der Waals surface area contributed by atoms with Crippen molar-refractivity contribution in [1.29, 1.82) is 0 Å². The molecule has 0 aliphatic heterocycles. The summed E-state index contributed by atoms with van der Waals surface area (Å²) in [6, 6.07) is 12.5. The number of amides is 1. The van der Waals surface area contributed by atoms with Gasteiger partial charge in [-0.3, -0.25) is 4.79 Å². The second-order valence-electron chi connectivity index (χ2n) is 3.98. The van der Waals surface area contributed by atoms with Crippen molar-refractivity contribution < 1.29 is 13.9 Å². The average molecular weight is 272 g/mol. The molecule has 2 rings (SSSR count). The molecule has 2 aromatic rings. The van der Waals surface area contributed by atoms with Gasteiger partial charge in [0.25, 0.3) is 5.91 Å². The molecule has 1 amide bonds. The number of carbonyl (C=O) groups excluding carboxylic acids is 1. The van der Waals surface area contributed by atoms with Crippen LogP contribution in [0.1, 0.15) is 15.9 Å². The Morgan fingerprint density at radius 1 is 1.15 bits per heavy atom. The van der Waals surface area contributed by atoms with Gasteiger partial charge in [-0.1, -0.05) is 0 Å². The molecule has 0 aliphatic carbocycles. The maximum atomic E-state index is 12.7. The highest BCUT2D eigenvalue weighted by Crippen LogP contribution is 2.09. The summed E-state index contributed by atoms with van der Waals surface area (Å²) < 4.78 is 17.7. The summed E-state index contributed by atoms with van der Waals surface area (Å²) >= 11 is 0. The van der Waals surface area contributed by atoms with Gasteiger partial charge in [-0.15, -0.1) is 0 Å². The SMILES string of the molecule is COc1ccc(/C=N/NC(=O)c2ccc(F)cc2)cc1. The van der Waals surface area contributed by atoms with E-state index in [0.717, 1.165) is 11.3 Å². The fraction of sp³-hybridized carbons (Fsp3) is 0.0667. The van der Waals surface area contributed by atoms with E-state index in [0.29, 0.717) is 5.56 Å². The summed E-state index contributed by atoms with van der Waals surface area (Å²) in [5.74, 6) is -0.0319. The van der Waals surface area contributed by atoms with Crippen LogP contribution in [0.5, 0.6) is 5.75 Å². The Balaban J connectivity index is 1.95. The molecule has 0 radical (unpaired) electrons. The van der Waals surface area contributed by atoms with Gasteiger partial charge in [-0.05, 0) is 54.1 Å². The predicted octanol–water partition coefficient (Wildman–Crippen LogP) is 2.60. The van der Waals surface area contributed by atoms with E-state index in [1.54, 1.807) is 19.2 Å². The number of methoxy groups -OCH3 is 1. The van der Waals surface area contributed by atoms with Crippen molar-refractivity contribution in [1.82, 2.24) is 5.43 Å². The predicted molar refractivity (Wildman–Crippen MR) is 74.5 cm³/mol. The van der Waals surface area contributed by atoms with Gasteiger partial charge in [-0.25, -0.2) is 9.82 Å². The van der Waals surface area contributed by atoms with E-state index in [1.807, 2.05) is 12.1 Å². The van der Waals surface area contributed by atoms with Crippen LogP contribution < -0.4 is 10.2 Å². The van der Waals surface area contributed by atoms with Crippen LogP contribution >= 0.6 is 0 Å². The number of hydrogen-bond acceptors (Lipinski definition) is 3. The van der Waals surface area contributed by atoms with Gasteiger partial charge in [0.05, 0.1) is 13.3 Å². The second kappa shape index (κ2) is 6.47. The van der Waals surface area contributed by atoms with Crippen molar-refractivity contribution in [2.75, 3.05) is 7.11 Å². The van der Waals surface area contributed by atoms with Crippen LogP contribution in [0.2, 0.25) is 0 Å². The number of benzene rings is 2. The molecule has 0 fully saturated rings. The highest BCUT2D eigenvalue weighted by molar-refractivity contribution is 5.94. The van der Waals surface area contributed by atoms with Gasteiger partial charge in [0, 0.05) is 5.56 Å². The molecule has 102 valence electrons. The second-order valence-corrected chi connectivity index (χ2v) is 3.98. The quantitative estimate of drug-likeness (QED) is 0.687. The zero-order valence-corrected chi connectivity index (χ0v) is 10.8. The minimum absolute atomic E-state index is 0.346. The van der Waals surface area contributed by atoms with E-state index >= 15 is 0 Å². The first kappa shape index (κ1) is 13.7. The number of hydrazone groups is 1. The molecule has 0 unspecified atom stereocenters. The Morgan fingerprint density at radius 2 is 1.80 bits per heavy atom. The largest absolute Gasteiger partial charge is 0.497 e. The number of nitrogens with one attached hydrogen (secondary N) is 1. The van der Waals surface area contributed by atoms with Crippen LogP contribution in [0.4, 0.5) is 4.39 Å². The molecule has 0 aliphatic rings. The summed E-state index contributed by atoms with van der Waals surface area (Å²) in [5, 5.41) is 3.84. The molecule has 0 heterocycles. The Labute approximate surface area is 115 Å². The van der Waals surface area contributed by atoms with Crippen LogP contribution in [-0.2, 0) is 0 Å². The van der Waals surface area contributed by atoms with Crippen LogP contribution in [0.3, 0.4) is 0 Å². The van der Waals surface area contributed by atoms with Gasteiger partial charge >= 0.3 is 0 Å². The third-order valence-electron chi connectivity index (χ3n) is 2.60. The third kappa shape index (κ3) is 3.65. The lowest BCUT2D eigenvalue weighted by atomic mass is 10.2. The maximum absolute atomic E-state index is 12.7. The third-order valence-corrected chi connectivity index (χ3v) is 2.60. The molecule has 2 aromatic carbocycles. The molecular formula is C15H13FN2O2. The number of ether oxygens (including phenoxy) is 1. The van der Waals surface area contributed by atoms with E-state index in [2.05, 4.69) is 10.5 Å². The molecule has 0 atom stereocenters. The van der Waals surface area contributed by atoms with Crippen LogP contribution in [0, 0.1) is 5.82 Å². The highest BCUT2D eigenvalue weighted by Gasteiger charge is 2.03. The fourth-order valence-corrected chi connectivity index (χ4v) is 1.52. The molecule has 20 heavy (non-hydrogen) atoms. The van der Waals surface area contributed by atoms with Crippen molar-refractivity contribution in [3.8, 4) is 5.75 Å². The molecule has 1 N–H and O–H groups in total. The molecule has 4 nitrogen and oxygen atoms in total. The maximum Gasteiger partial charge on any atom is 0.271 e. The van der Waals surface area contributed by atoms with Crippen molar-refractivity contribution in [3.05, 3.63) is 65.5 Å². The van der Waals surface area contributed by atoms with Gasteiger partial charge in [-0.2, -0.15) is 5.10 Å². The Kier molecular flexibility index (Phi) is 4.44. The molecule has 0 aromatic heterocycles. The van der Waals surface area contributed by atoms with Crippen molar-refractivity contribution >= 4 is 12.1 Å². The number of rotatable bonds is 4. The van der Waals surface area contributed by atoms with Crippen molar-refractivity contribution in [2.45, 2.75) is 0 Å². The normalized spacial score (nSPS) is 10.5. The van der Waals surface area contributed by atoms with E-state index in [4.69, 9.17) is 4.74 Å². The summed E-state index contributed by atoms with van der Waals surface area (Å²) in [6.45, 7) is 0. The summed E-state index contributed by atoms with van der Waals surface area (Å²) in [7, 11) is 1.59. The molecule has 0 bridgehead atoms. The summed E-state index contributed by atoms with van der Waals surface area (Å²) in [6.07, 6.45) is 1.51. The van der Waals surface area contributed by atoms with Crippen molar-refractivity contribution in [2.24, 2.45) is 5.10 Å². The average Bonchev–Trinajstić information content (AvgIpc) is 2.48. The first-order valence-corrected chi connectivity index (χ1v) is 5.92. The smallest absolute Gasteiger partial charge is 0.271 e. The van der Waals surface area contributed by atoms with Gasteiger partial charge < -0.3 is 4.74 Å². The van der Waals surface area contributed by atoms with Crippen LogP contribution in [0.15, 0.2) is 53.6 Å². The molecule has 0 spiro atoms. The summed E-state index contributed by atoms with van der Waals surface area (Å²) in [4.78, 5) is 11.7. The van der Waals surface area contributed by atoms with E-state index in [9.17, 15) is 9.18 Å². The Morgan fingerprint density at radius 3 is 2.40 bits per heavy atom. The van der Waals surface area contributed by atoms with Crippen LogP contribution in [-0.4, -0.2) is 19.2 Å². The fourth-order valence-electron chi connectivity index (χ4n) is 1.52. The van der Waals surface area contributed by atoms with Crippen LogP contribution in [0.25, 0.3) is 0 Å². The molecule has 5 heteroatoms. The van der Waals surface area contributed by atoms with Gasteiger partial charge in [0.15, 0.2) is 0 Å². The van der Waals surface area contributed by atoms with E-state index < -0.39 is 5.91 Å².